The van der Waals surface area contributed by atoms with E-state index in [1.54, 1.807) is 0 Å². The molecule has 5 heteroatoms. The number of aromatic hydroxyl groups is 1. The summed E-state index contributed by atoms with van der Waals surface area (Å²) in [6.07, 6.45) is 0. The molecule has 318 valence electrons. The summed E-state index contributed by atoms with van der Waals surface area (Å²) in [5.74, 6) is 0.312. The fourth-order valence-corrected chi connectivity index (χ4v) is 9.71. The smallest absolute Gasteiger partial charge is 0.159 e. The molecule has 0 spiro atoms. The molecule has 11 aromatic rings. The number of para-hydroxylation sites is 5. The second-order valence-corrected chi connectivity index (χ2v) is 19.1. The maximum Gasteiger partial charge on any atom is 0.159 e. The van der Waals surface area contributed by atoms with E-state index in [9.17, 15) is 5.11 Å². The number of fused-ring (bicyclic) bond motifs is 8. The van der Waals surface area contributed by atoms with Crippen molar-refractivity contribution in [3.05, 3.63) is 199 Å². The fourth-order valence-electron chi connectivity index (χ4n) is 9.71. The molecule has 0 atom stereocenters. The number of rotatable bonds is 7. The van der Waals surface area contributed by atoms with Crippen LogP contribution in [0.25, 0.3) is 65.8 Å². The second kappa shape index (κ2) is 15.2. The maximum absolute atomic E-state index is 11.6. The number of hydrogen-bond donors (Lipinski definition) is 1. The largest absolute Gasteiger partial charge is 0.507 e. The zero-order valence-electron chi connectivity index (χ0n) is 37.6. The minimum atomic E-state index is -0.214. The van der Waals surface area contributed by atoms with E-state index in [0.717, 1.165) is 105 Å². The summed E-state index contributed by atoms with van der Waals surface area (Å²) in [4.78, 5) is 4.60. The van der Waals surface area contributed by atoms with Crippen molar-refractivity contribution in [1.29, 1.82) is 0 Å². The third-order valence-electron chi connectivity index (χ3n) is 12.8. The highest BCUT2D eigenvalue weighted by atomic mass is 16.3. The first-order valence-electron chi connectivity index (χ1n) is 22.4. The standard InChI is InChI=1S/C60H50N2O3/c1-59(2,3)49-30-16-27-43(56(49)63)38-19-15-24-41(35-38)62(40-22-11-8-12-23-40)52-37-54-55(45-26-14-13-25-44(45)52)48-36-42(33-34-53(48)64-54)61(39-20-9-7-10-21-39)51-32-18-29-47-46-28-17-31-50(60(4,5)6)57(46)65-58(47)51/h7-37,63H,1-6H3. The van der Waals surface area contributed by atoms with Crippen LogP contribution in [0.15, 0.2) is 197 Å². The first-order chi connectivity index (χ1) is 31.4. The summed E-state index contributed by atoms with van der Waals surface area (Å²) in [5, 5.41) is 18.1. The predicted molar refractivity (Wildman–Crippen MR) is 272 cm³/mol. The molecule has 5 nitrogen and oxygen atoms in total. The van der Waals surface area contributed by atoms with Crippen molar-refractivity contribution in [3.8, 4) is 16.9 Å². The van der Waals surface area contributed by atoms with E-state index >= 15 is 0 Å². The monoisotopic (exact) mass is 846 g/mol. The van der Waals surface area contributed by atoms with Gasteiger partial charge in [-0.05, 0) is 88.0 Å². The number of furan rings is 2. The number of benzene rings is 9. The first kappa shape index (κ1) is 40.0. The Balaban J connectivity index is 1.11. The number of phenolic OH excluding ortho intramolecular Hbond substituents is 1. The molecule has 9 aromatic carbocycles. The predicted octanol–water partition coefficient (Wildman–Crippen LogP) is 17.5. The van der Waals surface area contributed by atoms with Gasteiger partial charge in [0.05, 0.1) is 11.4 Å². The number of anilines is 6. The molecule has 0 saturated heterocycles. The molecular weight excluding hydrogens is 797 g/mol. The minimum Gasteiger partial charge on any atom is -0.507 e. The SMILES string of the molecule is CC(C)(C)c1cccc(-c2cccc(N(c3ccccc3)c3cc4oc5ccc(N(c6ccccc6)c6cccc7c6oc6c(C(C)(C)C)cccc67)cc5c4c4ccccc34)c2)c1O. The summed E-state index contributed by atoms with van der Waals surface area (Å²) >= 11 is 0. The highest BCUT2D eigenvalue weighted by molar-refractivity contribution is 6.23. The lowest BCUT2D eigenvalue weighted by Gasteiger charge is -2.28. The molecule has 1 N–H and O–H groups in total. The Labute approximate surface area is 379 Å². The van der Waals surface area contributed by atoms with Crippen LogP contribution in [0.2, 0.25) is 0 Å². The third kappa shape index (κ3) is 6.78. The van der Waals surface area contributed by atoms with Gasteiger partial charge in [0.25, 0.3) is 0 Å². The summed E-state index contributed by atoms with van der Waals surface area (Å²) in [6, 6.07) is 65.7. The van der Waals surface area contributed by atoms with Gasteiger partial charge in [-0.25, -0.2) is 0 Å². The van der Waals surface area contributed by atoms with Crippen molar-refractivity contribution in [3.63, 3.8) is 0 Å². The Morgan fingerprint density at radius 2 is 0.938 bits per heavy atom. The zero-order chi connectivity index (χ0) is 44.6. The van der Waals surface area contributed by atoms with Crippen molar-refractivity contribution in [1.82, 2.24) is 0 Å². The van der Waals surface area contributed by atoms with Crippen molar-refractivity contribution in [2.75, 3.05) is 9.80 Å². The average Bonchev–Trinajstić information content (AvgIpc) is 3.88. The zero-order valence-corrected chi connectivity index (χ0v) is 37.6. The van der Waals surface area contributed by atoms with Crippen LogP contribution in [-0.2, 0) is 10.8 Å². The topological polar surface area (TPSA) is 53.0 Å². The molecule has 2 aromatic heterocycles. The van der Waals surface area contributed by atoms with Gasteiger partial charge in [-0.2, -0.15) is 0 Å². The van der Waals surface area contributed by atoms with Gasteiger partial charge in [-0.3, -0.25) is 0 Å². The van der Waals surface area contributed by atoms with Gasteiger partial charge in [0, 0.05) is 66.9 Å². The molecule has 0 amide bonds. The highest BCUT2D eigenvalue weighted by Gasteiger charge is 2.26. The Hall–Kier alpha value is -7.76. The van der Waals surface area contributed by atoms with E-state index in [4.69, 9.17) is 8.83 Å². The van der Waals surface area contributed by atoms with E-state index in [2.05, 4.69) is 215 Å². The van der Waals surface area contributed by atoms with Crippen LogP contribution in [0.5, 0.6) is 5.75 Å². The maximum atomic E-state index is 11.6. The van der Waals surface area contributed by atoms with Gasteiger partial charge in [-0.15, -0.1) is 0 Å². The lowest BCUT2D eigenvalue weighted by atomic mass is 9.84. The van der Waals surface area contributed by atoms with E-state index in [1.165, 1.54) is 5.56 Å². The normalized spacial score (nSPS) is 12.2. The van der Waals surface area contributed by atoms with Crippen LogP contribution in [0, 0.1) is 0 Å². The van der Waals surface area contributed by atoms with E-state index in [-0.39, 0.29) is 10.8 Å². The van der Waals surface area contributed by atoms with Gasteiger partial charge >= 0.3 is 0 Å². The van der Waals surface area contributed by atoms with Crippen LogP contribution in [0.4, 0.5) is 34.1 Å². The molecule has 0 bridgehead atoms. The van der Waals surface area contributed by atoms with Crippen LogP contribution in [0.1, 0.15) is 52.7 Å². The van der Waals surface area contributed by atoms with Crippen molar-refractivity contribution >= 4 is 88.8 Å². The molecular formula is C60H50N2O3. The van der Waals surface area contributed by atoms with Crippen LogP contribution in [0.3, 0.4) is 0 Å². The molecule has 0 aliphatic rings. The van der Waals surface area contributed by atoms with Gasteiger partial charge in [0.2, 0.25) is 0 Å². The molecule has 0 aliphatic carbocycles. The Morgan fingerprint density at radius 1 is 0.385 bits per heavy atom. The van der Waals surface area contributed by atoms with Gasteiger partial charge in [0.15, 0.2) is 5.58 Å². The summed E-state index contributed by atoms with van der Waals surface area (Å²) in [7, 11) is 0. The van der Waals surface area contributed by atoms with Crippen molar-refractivity contribution < 1.29 is 13.9 Å². The Morgan fingerprint density at radius 3 is 1.65 bits per heavy atom. The lowest BCUT2D eigenvalue weighted by Crippen LogP contribution is -2.12. The number of hydrogen-bond acceptors (Lipinski definition) is 5. The van der Waals surface area contributed by atoms with Gasteiger partial charge in [0.1, 0.15) is 22.5 Å². The molecule has 65 heavy (non-hydrogen) atoms. The van der Waals surface area contributed by atoms with Crippen LogP contribution >= 0.6 is 0 Å². The van der Waals surface area contributed by atoms with E-state index < -0.39 is 0 Å². The molecule has 0 saturated carbocycles. The quantitative estimate of drug-likeness (QED) is 0.173. The first-order valence-corrected chi connectivity index (χ1v) is 22.4. The molecule has 0 aliphatic heterocycles. The summed E-state index contributed by atoms with van der Waals surface area (Å²) in [6.45, 7) is 13.1. The number of phenols is 1. The van der Waals surface area contributed by atoms with Crippen molar-refractivity contribution in [2.24, 2.45) is 0 Å². The molecule has 11 rings (SSSR count). The van der Waals surface area contributed by atoms with Gasteiger partial charge in [-0.1, -0.05) is 163 Å². The molecule has 0 radical (unpaired) electrons. The van der Waals surface area contributed by atoms with Gasteiger partial charge < -0.3 is 23.7 Å². The third-order valence-corrected chi connectivity index (χ3v) is 12.8. The summed E-state index contributed by atoms with van der Waals surface area (Å²) < 4.78 is 13.8. The summed E-state index contributed by atoms with van der Waals surface area (Å²) in [5.41, 5.74) is 12.8. The van der Waals surface area contributed by atoms with Crippen molar-refractivity contribution in [2.45, 2.75) is 52.4 Å². The second-order valence-electron chi connectivity index (χ2n) is 19.1. The fraction of sp³-hybridized carbons (Fsp3) is 0.133. The van der Waals surface area contributed by atoms with Crippen LogP contribution < -0.4 is 9.80 Å². The van der Waals surface area contributed by atoms with E-state index in [1.807, 2.05) is 24.3 Å². The average molecular weight is 847 g/mol. The van der Waals surface area contributed by atoms with Crippen LogP contribution in [-0.4, -0.2) is 5.11 Å². The molecule has 0 fully saturated rings. The molecule has 0 unspecified atom stereocenters. The minimum absolute atomic E-state index is 0.0898. The Kier molecular flexibility index (Phi) is 9.37. The lowest BCUT2D eigenvalue weighted by molar-refractivity contribution is 0.448. The Bertz CT molecular complexity index is 3590. The number of nitrogens with zero attached hydrogens (tertiary/aromatic N) is 2. The highest BCUT2D eigenvalue weighted by Crippen LogP contribution is 2.49. The molecule has 2 heterocycles. The van der Waals surface area contributed by atoms with E-state index in [0.29, 0.717) is 5.75 Å².